The molecule has 3 aliphatic rings. The molecule has 1 saturated carbocycles. The zero-order valence-electron chi connectivity index (χ0n) is 17.0. The van der Waals surface area contributed by atoms with Crippen molar-refractivity contribution in [3.05, 3.63) is 47.8 Å². The van der Waals surface area contributed by atoms with Gasteiger partial charge >= 0.3 is 0 Å². The van der Waals surface area contributed by atoms with E-state index in [4.69, 9.17) is 9.47 Å². The lowest BCUT2D eigenvalue weighted by Crippen LogP contribution is -2.35. The molecule has 2 heterocycles. The number of hydrogen-bond acceptors (Lipinski definition) is 5. The molecule has 5 nitrogen and oxygen atoms in total. The van der Waals surface area contributed by atoms with Crippen LogP contribution in [0.5, 0.6) is 11.5 Å². The molecule has 2 N–H and O–H groups in total. The van der Waals surface area contributed by atoms with Gasteiger partial charge in [0, 0.05) is 37.7 Å². The average Bonchev–Trinajstić information content (AvgIpc) is 3.40. The molecule has 5 rings (SSSR count). The van der Waals surface area contributed by atoms with Gasteiger partial charge in [-0.15, -0.1) is 0 Å². The smallest absolute Gasteiger partial charge is 0.130 e. The minimum atomic E-state index is -0.648. The van der Waals surface area contributed by atoms with Crippen LogP contribution in [0.15, 0.2) is 36.4 Å². The van der Waals surface area contributed by atoms with E-state index in [0.29, 0.717) is 36.3 Å². The molecule has 0 aromatic heterocycles. The fourth-order valence-electron chi connectivity index (χ4n) is 5.30. The van der Waals surface area contributed by atoms with Gasteiger partial charge in [0.2, 0.25) is 0 Å². The van der Waals surface area contributed by atoms with Gasteiger partial charge in [0.15, 0.2) is 0 Å². The molecule has 2 fully saturated rings. The van der Waals surface area contributed by atoms with Crippen molar-refractivity contribution in [2.24, 2.45) is 11.8 Å². The summed E-state index contributed by atoms with van der Waals surface area (Å²) in [6, 6.07) is 10.6. The van der Waals surface area contributed by atoms with Gasteiger partial charge in [-0.25, -0.2) is 4.39 Å². The standard InChI is InChI=1S/C24H28FNO4/c25-19-6-16(23-3-1-2-15-4-5-29-24(15)23)9-22(10-19)30-14-21(28)13-26-11-17-7-20(27)8-18(17)12-26/h1-3,6,9-10,17-18,20-21,27-28H,4-5,7-8,11-14H2/t17-,18+,20?,21?. The summed E-state index contributed by atoms with van der Waals surface area (Å²) in [5.41, 5.74) is 2.71. The van der Waals surface area contributed by atoms with Gasteiger partial charge in [0.05, 0.1) is 12.7 Å². The largest absolute Gasteiger partial charge is 0.492 e. The minimum Gasteiger partial charge on any atom is -0.492 e. The Hall–Kier alpha value is -2.15. The summed E-state index contributed by atoms with van der Waals surface area (Å²) < 4.78 is 25.8. The highest BCUT2D eigenvalue weighted by molar-refractivity contribution is 5.74. The van der Waals surface area contributed by atoms with Crippen molar-refractivity contribution in [2.75, 3.05) is 32.8 Å². The summed E-state index contributed by atoms with van der Waals surface area (Å²) in [4.78, 5) is 2.25. The first-order valence-corrected chi connectivity index (χ1v) is 10.8. The highest BCUT2D eigenvalue weighted by atomic mass is 19.1. The minimum absolute atomic E-state index is 0.112. The Labute approximate surface area is 176 Å². The Kier molecular flexibility index (Phi) is 5.39. The van der Waals surface area contributed by atoms with Crippen LogP contribution in [0.3, 0.4) is 0 Å². The summed E-state index contributed by atoms with van der Waals surface area (Å²) in [5, 5.41) is 20.2. The van der Waals surface area contributed by atoms with Gasteiger partial charge in [-0.2, -0.15) is 0 Å². The number of hydrogen-bond donors (Lipinski definition) is 2. The maximum absolute atomic E-state index is 14.3. The van der Waals surface area contributed by atoms with Crippen LogP contribution in [0.25, 0.3) is 11.1 Å². The molecule has 2 aromatic carbocycles. The van der Waals surface area contributed by atoms with E-state index in [1.807, 2.05) is 18.2 Å². The van der Waals surface area contributed by atoms with Gasteiger partial charge in [-0.05, 0) is 47.9 Å². The Balaban J connectivity index is 1.21. The molecule has 2 aromatic rings. The van der Waals surface area contributed by atoms with Crippen molar-refractivity contribution >= 4 is 0 Å². The first-order valence-electron chi connectivity index (χ1n) is 10.8. The molecule has 2 unspecified atom stereocenters. The molecule has 0 spiro atoms. The zero-order chi connectivity index (χ0) is 20.7. The van der Waals surface area contributed by atoms with E-state index in [1.165, 1.54) is 12.1 Å². The third kappa shape index (κ3) is 4.04. The van der Waals surface area contributed by atoms with Crippen molar-refractivity contribution in [1.82, 2.24) is 4.90 Å². The first kappa shape index (κ1) is 19.8. The van der Waals surface area contributed by atoms with Crippen molar-refractivity contribution < 1.29 is 24.1 Å². The fourth-order valence-corrected chi connectivity index (χ4v) is 5.30. The van der Waals surface area contributed by atoms with Crippen molar-refractivity contribution in [3.8, 4) is 22.6 Å². The molecular weight excluding hydrogens is 385 g/mol. The van der Waals surface area contributed by atoms with Crippen molar-refractivity contribution in [2.45, 2.75) is 31.5 Å². The monoisotopic (exact) mass is 413 g/mol. The van der Waals surface area contributed by atoms with Gasteiger partial charge in [-0.3, -0.25) is 0 Å². The second kappa shape index (κ2) is 8.17. The van der Waals surface area contributed by atoms with Crippen LogP contribution in [-0.2, 0) is 6.42 Å². The van der Waals surface area contributed by atoms with Crippen LogP contribution < -0.4 is 9.47 Å². The summed E-state index contributed by atoms with van der Waals surface area (Å²) in [6.07, 6.45) is 1.80. The molecule has 0 radical (unpaired) electrons. The second-order valence-corrected chi connectivity index (χ2v) is 8.90. The number of likely N-dealkylation sites (tertiary alicyclic amines) is 1. The number of nitrogens with zero attached hydrogens (tertiary/aromatic N) is 1. The number of ether oxygens (including phenoxy) is 2. The molecule has 160 valence electrons. The van der Waals surface area contributed by atoms with Crippen molar-refractivity contribution in [1.29, 1.82) is 0 Å². The van der Waals surface area contributed by atoms with E-state index in [0.717, 1.165) is 49.2 Å². The number of benzene rings is 2. The predicted molar refractivity (Wildman–Crippen MR) is 111 cm³/mol. The van der Waals surface area contributed by atoms with E-state index in [1.54, 1.807) is 6.07 Å². The summed E-state index contributed by atoms with van der Waals surface area (Å²) >= 11 is 0. The maximum atomic E-state index is 14.3. The molecule has 1 aliphatic carbocycles. The molecule has 2 aliphatic heterocycles. The lowest BCUT2D eigenvalue weighted by molar-refractivity contribution is 0.0706. The molecule has 0 bridgehead atoms. The number of para-hydroxylation sites is 1. The first-order chi connectivity index (χ1) is 14.5. The Morgan fingerprint density at radius 1 is 1.17 bits per heavy atom. The molecule has 30 heavy (non-hydrogen) atoms. The van der Waals surface area contributed by atoms with E-state index >= 15 is 0 Å². The molecule has 6 heteroatoms. The average molecular weight is 413 g/mol. The topological polar surface area (TPSA) is 62.2 Å². The third-order valence-corrected chi connectivity index (χ3v) is 6.61. The Morgan fingerprint density at radius 2 is 1.97 bits per heavy atom. The van der Waals surface area contributed by atoms with Crippen LogP contribution >= 0.6 is 0 Å². The van der Waals surface area contributed by atoms with Gasteiger partial charge in [0.1, 0.15) is 30.0 Å². The van der Waals surface area contributed by atoms with Gasteiger partial charge in [-0.1, -0.05) is 18.2 Å². The maximum Gasteiger partial charge on any atom is 0.130 e. The van der Waals surface area contributed by atoms with Crippen LogP contribution in [0.1, 0.15) is 18.4 Å². The predicted octanol–water partition coefficient (Wildman–Crippen LogP) is 2.87. The highest BCUT2D eigenvalue weighted by Crippen LogP contribution is 2.39. The lowest BCUT2D eigenvalue weighted by Gasteiger charge is -2.21. The highest BCUT2D eigenvalue weighted by Gasteiger charge is 2.40. The molecule has 1 saturated heterocycles. The van der Waals surface area contributed by atoms with Gasteiger partial charge < -0.3 is 24.6 Å². The van der Waals surface area contributed by atoms with E-state index in [2.05, 4.69) is 4.90 Å². The Morgan fingerprint density at radius 3 is 2.77 bits per heavy atom. The quantitative estimate of drug-likeness (QED) is 0.763. The van der Waals surface area contributed by atoms with Gasteiger partial charge in [0.25, 0.3) is 0 Å². The van der Waals surface area contributed by atoms with Crippen LogP contribution in [0.4, 0.5) is 4.39 Å². The summed E-state index contributed by atoms with van der Waals surface area (Å²) in [7, 11) is 0. The molecular formula is C24H28FNO4. The van der Waals surface area contributed by atoms with Crippen molar-refractivity contribution in [3.63, 3.8) is 0 Å². The van der Waals surface area contributed by atoms with E-state index < -0.39 is 6.10 Å². The number of fused-ring (bicyclic) bond motifs is 2. The number of aliphatic hydroxyl groups excluding tert-OH is 2. The van der Waals surface area contributed by atoms with Crippen LogP contribution in [-0.4, -0.2) is 60.2 Å². The van der Waals surface area contributed by atoms with Crippen LogP contribution in [0, 0.1) is 17.7 Å². The summed E-state index contributed by atoms with van der Waals surface area (Å²) in [5.74, 6) is 1.92. The lowest BCUT2D eigenvalue weighted by atomic mass is 10.0. The third-order valence-electron chi connectivity index (χ3n) is 6.61. The molecule has 0 amide bonds. The normalized spacial score (nSPS) is 26.3. The fraction of sp³-hybridized carbons (Fsp3) is 0.500. The summed E-state index contributed by atoms with van der Waals surface area (Å²) in [6.45, 7) is 3.13. The van der Waals surface area contributed by atoms with Crippen LogP contribution in [0.2, 0.25) is 0 Å². The number of rotatable bonds is 6. The Bertz CT molecular complexity index is 906. The second-order valence-electron chi connectivity index (χ2n) is 8.90. The zero-order valence-corrected chi connectivity index (χ0v) is 17.0. The SMILES string of the molecule is OC1C[C@@H]2CN(CC(O)COc3cc(F)cc(-c4cccc5c4OCC5)c3)C[C@@H]2C1. The molecule has 4 atom stereocenters. The number of halogens is 1. The number of β-amino-alcohol motifs (C(OH)–C–C–N with tert-alkyl or cyclic N) is 1. The van der Waals surface area contributed by atoms with E-state index in [-0.39, 0.29) is 18.5 Å². The number of aliphatic hydroxyl groups is 2. The van der Waals surface area contributed by atoms with E-state index in [9.17, 15) is 14.6 Å².